The van der Waals surface area contributed by atoms with E-state index in [2.05, 4.69) is 33.7 Å². The minimum atomic E-state index is 0.432. The molecule has 0 aromatic carbocycles. The lowest BCUT2D eigenvalue weighted by atomic mass is 10.3. The van der Waals surface area contributed by atoms with Gasteiger partial charge in [-0.05, 0) is 19.4 Å². The van der Waals surface area contributed by atoms with E-state index in [1.54, 1.807) is 7.11 Å². The van der Waals surface area contributed by atoms with Gasteiger partial charge in [0.1, 0.15) is 0 Å². The van der Waals surface area contributed by atoms with E-state index >= 15 is 0 Å². The maximum absolute atomic E-state index is 5.03. The molecule has 0 saturated heterocycles. The number of rotatable bonds is 6. The van der Waals surface area contributed by atoms with Crippen molar-refractivity contribution in [1.82, 2.24) is 19.9 Å². The molecule has 2 rings (SSSR count). The lowest BCUT2D eigenvalue weighted by Crippen LogP contribution is -2.16. The Morgan fingerprint density at radius 2 is 2.11 bits per heavy atom. The Kier molecular flexibility index (Phi) is 4.52. The van der Waals surface area contributed by atoms with Crippen molar-refractivity contribution < 1.29 is 4.74 Å². The first kappa shape index (κ1) is 13.5. The van der Waals surface area contributed by atoms with Gasteiger partial charge in [-0.1, -0.05) is 6.07 Å². The fourth-order valence-corrected chi connectivity index (χ4v) is 1.91. The van der Waals surface area contributed by atoms with E-state index in [1.165, 1.54) is 5.69 Å². The highest BCUT2D eigenvalue weighted by Gasteiger charge is 2.04. The number of methoxy groups -OCH3 is 1. The molecule has 0 fully saturated rings. The monoisotopic (exact) mass is 260 g/mol. The van der Waals surface area contributed by atoms with Gasteiger partial charge in [0, 0.05) is 37.6 Å². The number of hydrogen-bond donors (Lipinski definition) is 1. The molecule has 0 radical (unpaired) electrons. The molecule has 19 heavy (non-hydrogen) atoms. The van der Waals surface area contributed by atoms with Crippen molar-refractivity contribution in [2.24, 2.45) is 0 Å². The second-order valence-electron chi connectivity index (χ2n) is 4.70. The van der Waals surface area contributed by atoms with E-state index in [9.17, 15) is 0 Å². The SMILES string of the molecule is COc1ccc(CNCc2cncn2C(C)C)cn1. The average molecular weight is 260 g/mol. The quantitative estimate of drug-likeness (QED) is 0.864. The van der Waals surface area contributed by atoms with Crippen LogP contribution in [0, 0.1) is 0 Å². The van der Waals surface area contributed by atoms with Gasteiger partial charge in [-0.15, -0.1) is 0 Å². The third kappa shape index (κ3) is 3.54. The molecule has 0 amide bonds. The Balaban J connectivity index is 1.87. The van der Waals surface area contributed by atoms with Gasteiger partial charge in [-0.25, -0.2) is 9.97 Å². The molecule has 0 aliphatic rings. The van der Waals surface area contributed by atoms with Crippen LogP contribution < -0.4 is 10.1 Å². The molecule has 0 aliphatic heterocycles. The summed E-state index contributed by atoms with van der Waals surface area (Å²) in [7, 11) is 1.62. The lowest BCUT2D eigenvalue weighted by molar-refractivity contribution is 0.397. The van der Waals surface area contributed by atoms with E-state index in [-0.39, 0.29) is 0 Å². The number of pyridine rings is 1. The smallest absolute Gasteiger partial charge is 0.212 e. The molecule has 102 valence electrons. The van der Waals surface area contributed by atoms with Gasteiger partial charge in [0.25, 0.3) is 0 Å². The lowest BCUT2D eigenvalue weighted by Gasteiger charge is -2.12. The van der Waals surface area contributed by atoms with Gasteiger partial charge in [0.2, 0.25) is 5.88 Å². The Morgan fingerprint density at radius 3 is 2.74 bits per heavy atom. The number of imidazole rings is 1. The van der Waals surface area contributed by atoms with E-state index in [0.29, 0.717) is 11.9 Å². The number of ether oxygens (including phenoxy) is 1. The summed E-state index contributed by atoms with van der Waals surface area (Å²) in [5, 5.41) is 3.40. The van der Waals surface area contributed by atoms with Gasteiger partial charge in [-0.2, -0.15) is 0 Å². The van der Waals surface area contributed by atoms with Crippen molar-refractivity contribution in [3.05, 3.63) is 42.1 Å². The van der Waals surface area contributed by atoms with E-state index < -0.39 is 0 Å². The first-order chi connectivity index (χ1) is 9.20. The Bertz CT molecular complexity index is 504. The van der Waals surface area contributed by atoms with Crippen LogP contribution in [0.25, 0.3) is 0 Å². The van der Waals surface area contributed by atoms with Crippen molar-refractivity contribution in [3.63, 3.8) is 0 Å². The molecule has 5 nitrogen and oxygen atoms in total. The fraction of sp³-hybridized carbons (Fsp3) is 0.429. The maximum atomic E-state index is 5.03. The largest absolute Gasteiger partial charge is 0.481 e. The molecule has 0 spiro atoms. The molecule has 0 unspecified atom stereocenters. The topological polar surface area (TPSA) is 52.0 Å². The van der Waals surface area contributed by atoms with Gasteiger partial charge in [-0.3, -0.25) is 0 Å². The fourth-order valence-electron chi connectivity index (χ4n) is 1.91. The standard InChI is InChI=1S/C14H20N4O/c1-11(2)18-10-16-9-13(18)8-15-6-12-4-5-14(19-3)17-7-12/h4-5,7,9-11,15H,6,8H2,1-3H3. The van der Waals surface area contributed by atoms with Crippen molar-refractivity contribution in [1.29, 1.82) is 0 Å². The highest BCUT2D eigenvalue weighted by Crippen LogP contribution is 2.09. The predicted molar refractivity (Wildman–Crippen MR) is 73.9 cm³/mol. The van der Waals surface area contributed by atoms with E-state index in [0.717, 1.165) is 18.7 Å². The summed E-state index contributed by atoms with van der Waals surface area (Å²) in [6.07, 6.45) is 5.60. The van der Waals surface area contributed by atoms with Crippen LogP contribution in [0.15, 0.2) is 30.9 Å². The highest BCUT2D eigenvalue weighted by atomic mass is 16.5. The number of aromatic nitrogens is 3. The van der Waals surface area contributed by atoms with Crippen LogP contribution in [0.2, 0.25) is 0 Å². The number of nitrogens with zero attached hydrogens (tertiary/aromatic N) is 3. The van der Waals surface area contributed by atoms with E-state index in [1.807, 2.05) is 30.9 Å². The Morgan fingerprint density at radius 1 is 1.26 bits per heavy atom. The summed E-state index contributed by atoms with van der Waals surface area (Å²) in [6, 6.07) is 4.32. The zero-order chi connectivity index (χ0) is 13.7. The summed E-state index contributed by atoms with van der Waals surface area (Å²) in [6.45, 7) is 5.88. The summed E-state index contributed by atoms with van der Waals surface area (Å²) < 4.78 is 7.20. The minimum absolute atomic E-state index is 0.432. The van der Waals surface area contributed by atoms with Gasteiger partial charge < -0.3 is 14.6 Å². The third-order valence-electron chi connectivity index (χ3n) is 2.94. The van der Waals surface area contributed by atoms with Crippen molar-refractivity contribution >= 4 is 0 Å². The van der Waals surface area contributed by atoms with Crippen molar-refractivity contribution in [2.75, 3.05) is 7.11 Å². The van der Waals surface area contributed by atoms with Gasteiger partial charge in [0.05, 0.1) is 19.1 Å². The zero-order valence-corrected chi connectivity index (χ0v) is 11.6. The highest BCUT2D eigenvalue weighted by molar-refractivity contribution is 5.17. The number of nitrogens with one attached hydrogen (secondary N) is 1. The molecule has 1 N–H and O–H groups in total. The molecule has 2 aromatic heterocycles. The number of hydrogen-bond acceptors (Lipinski definition) is 4. The van der Waals surface area contributed by atoms with Crippen LogP contribution in [0.4, 0.5) is 0 Å². The first-order valence-corrected chi connectivity index (χ1v) is 6.41. The van der Waals surface area contributed by atoms with E-state index in [4.69, 9.17) is 4.74 Å². The predicted octanol–water partition coefficient (Wildman–Crippen LogP) is 2.16. The van der Waals surface area contributed by atoms with Gasteiger partial charge in [0.15, 0.2) is 0 Å². The van der Waals surface area contributed by atoms with Crippen LogP contribution in [-0.4, -0.2) is 21.6 Å². The minimum Gasteiger partial charge on any atom is -0.481 e. The van der Waals surface area contributed by atoms with Crippen LogP contribution in [-0.2, 0) is 13.1 Å². The second-order valence-corrected chi connectivity index (χ2v) is 4.70. The van der Waals surface area contributed by atoms with Crippen LogP contribution in [0.5, 0.6) is 5.88 Å². The maximum Gasteiger partial charge on any atom is 0.212 e. The zero-order valence-electron chi connectivity index (χ0n) is 11.6. The molecule has 2 heterocycles. The van der Waals surface area contributed by atoms with Crippen molar-refractivity contribution in [2.45, 2.75) is 33.0 Å². The first-order valence-electron chi connectivity index (χ1n) is 6.41. The molecule has 0 aliphatic carbocycles. The molecular weight excluding hydrogens is 240 g/mol. The van der Waals surface area contributed by atoms with Crippen LogP contribution >= 0.6 is 0 Å². The molecule has 0 bridgehead atoms. The van der Waals surface area contributed by atoms with Gasteiger partial charge >= 0.3 is 0 Å². The molecular formula is C14H20N4O. The third-order valence-corrected chi connectivity index (χ3v) is 2.94. The average Bonchev–Trinajstić information content (AvgIpc) is 2.88. The summed E-state index contributed by atoms with van der Waals surface area (Å²) in [5.41, 5.74) is 2.33. The summed E-state index contributed by atoms with van der Waals surface area (Å²) in [5.74, 6) is 0.640. The van der Waals surface area contributed by atoms with Crippen LogP contribution in [0.1, 0.15) is 31.1 Å². The summed E-state index contributed by atoms with van der Waals surface area (Å²) in [4.78, 5) is 8.36. The van der Waals surface area contributed by atoms with Crippen LogP contribution in [0.3, 0.4) is 0 Å². The molecule has 0 saturated carbocycles. The molecule has 0 atom stereocenters. The molecule has 5 heteroatoms. The second kappa shape index (κ2) is 6.33. The Labute approximate surface area is 113 Å². The Hall–Kier alpha value is -1.88. The summed E-state index contributed by atoms with van der Waals surface area (Å²) >= 11 is 0. The normalized spacial score (nSPS) is 10.9. The molecule has 2 aromatic rings. The van der Waals surface area contributed by atoms with Crippen molar-refractivity contribution in [3.8, 4) is 5.88 Å².